The summed E-state index contributed by atoms with van der Waals surface area (Å²) in [6.07, 6.45) is -0.461. The minimum absolute atomic E-state index is 0.0284. The number of rotatable bonds is 18. The number of carbonyl (C=O) groups excluding carboxylic acids is 4. The Balaban J connectivity index is 1.67. The van der Waals surface area contributed by atoms with Gasteiger partial charge < -0.3 is 30.7 Å². The van der Waals surface area contributed by atoms with E-state index in [1.54, 1.807) is 37.3 Å². The van der Waals surface area contributed by atoms with Gasteiger partial charge in [-0.25, -0.2) is 9.59 Å². The molecule has 6 atom stereocenters. The molecular weight excluding hydrogens is 667 g/mol. The Morgan fingerprint density at radius 3 is 2.22 bits per heavy atom. The lowest BCUT2D eigenvalue weighted by atomic mass is 10.1. The average Bonchev–Trinajstić information content (AvgIpc) is 3.50. The maximum absolute atomic E-state index is 13.7. The summed E-state index contributed by atoms with van der Waals surface area (Å²) in [6, 6.07) is 15.8. The quantitative estimate of drug-likeness (QED) is 0.0766. The van der Waals surface area contributed by atoms with Gasteiger partial charge >= 0.3 is 25.7 Å². The van der Waals surface area contributed by atoms with Crippen molar-refractivity contribution in [3.05, 3.63) is 71.8 Å². The monoisotopic (exact) mass is 717 g/mol. The molecule has 0 aliphatic carbocycles. The average molecular weight is 718 g/mol. The number of amides is 5. The van der Waals surface area contributed by atoms with Gasteiger partial charge in [-0.3, -0.25) is 18.7 Å². The number of likely N-dealkylation sites (tertiary alicyclic amines) is 1. The van der Waals surface area contributed by atoms with Gasteiger partial charge in [-0.05, 0) is 57.2 Å². The van der Waals surface area contributed by atoms with Crippen LogP contribution in [0, 0.1) is 0 Å². The predicted octanol–water partition coefficient (Wildman–Crippen LogP) is 5.31. The number of nitrogens with zero attached hydrogens (tertiary/aromatic N) is 1. The van der Waals surface area contributed by atoms with E-state index in [4.69, 9.17) is 9.26 Å². The van der Waals surface area contributed by atoms with Crippen molar-refractivity contribution < 1.29 is 52.3 Å². The number of nitrogens with one attached hydrogen (secondary N) is 3. The SMILES string of the molecule is CCCC[C@@H](NC(=O)[C@H](CCCCNC(=O)OCc1ccccc1)NC(=O)c1ccccc1)P(=O)(O)OC(C)C(=O)[N+]1(C(=O)O)CCC[C@H]1C. The second kappa shape index (κ2) is 19.3. The van der Waals surface area contributed by atoms with E-state index in [9.17, 15) is 38.5 Å². The van der Waals surface area contributed by atoms with Crippen LogP contribution in [0.1, 0.15) is 88.1 Å². The fraction of sp³-hybridized carbons (Fsp3) is 0.514. The minimum atomic E-state index is -4.75. The zero-order valence-corrected chi connectivity index (χ0v) is 29.8. The summed E-state index contributed by atoms with van der Waals surface area (Å²) in [5.41, 5.74) is 1.15. The largest absolute Gasteiger partial charge is 0.521 e. The Morgan fingerprint density at radius 1 is 0.960 bits per heavy atom. The molecule has 15 heteroatoms. The van der Waals surface area contributed by atoms with Crippen molar-refractivity contribution >= 4 is 37.5 Å². The number of benzene rings is 2. The maximum Gasteiger partial charge on any atom is 0.521 e. The lowest BCUT2D eigenvalue weighted by Crippen LogP contribution is -2.61. The summed E-state index contributed by atoms with van der Waals surface area (Å²) in [5, 5.41) is 17.9. The number of ether oxygens (including phenoxy) is 1. The molecule has 1 saturated heterocycles. The van der Waals surface area contributed by atoms with Gasteiger partial charge in [-0.1, -0.05) is 68.3 Å². The first kappa shape index (κ1) is 40.3. The van der Waals surface area contributed by atoms with E-state index in [1.807, 2.05) is 37.3 Å². The zero-order chi connectivity index (χ0) is 36.7. The van der Waals surface area contributed by atoms with Gasteiger partial charge in [-0.15, -0.1) is 0 Å². The molecule has 5 N–H and O–H groups in total. The number of unbranched alkanes of at least 4 members (excludes halogenated alkanes) is 2. The molecule has 0 aromatic heterocycles. The molecule has 0 saturated carbocycles. The van der Waals surface area contributed by atoms with Crippen LogP contribution < -0.4 is 16.0 Å². The molecule has 0 radical (unpaired) electrons. The number of hydrogen-bond donors (Lipinski definition) is 5. The van der Waals surface area contributed by atoms with Crippen LogP contribution in [0.25, 0.3) is 0 Å². The molecule has 1 heterocycles. The summed E-state index contributed by atoms with van der Waals surface area (Å²) < 4.78 is 23.4. The Bertz CT molecular complexity index is 1490. The van der Waals surface area contributed by atoms with Gasteiger partial charge in [-0.2, -0.15) is 9.28 Å². The number of hydrogen-bond acceptors (Lipinski definition) is 8. The number of carboxylic acid groups (broad SMARTS) is 1. The van der Waals surface area contributed by atoms with Crippen molar-refractivity contribution in [2.45, 2.75) is 103 Å². The van der Waals surface area contributed by atoms with E-state index in [1.165, 1.54) is 6.92 Å². The van der Waals surface area contributed by atoms with Crippen molar-refractivity contribution in [1.29, 1.82) is 0 Å². The predicted molar refractivity (Wildman–Crippen MR) is 185 cm³/mol. The molecule has 1 fully saturated rings. The lowest BCUT2D eigenvalue weighted by Gasteiger charge is -2.33. The van der Waals surface area contributed by atoms with Gasteiger partial charge in [0.05, 0.1) is 6.54 Å². The van der Waals surface area contributed by atoms with E-state index in [2.05, 4.69) is 16.0 Å². The van der Waals surface area contributed by atoms with E-state index in [-0.39, 0.29) is 32.5 Å². The second-order valence-electron chi connectivity index (χ2n) is 12.6. The summed E-state index contributed by atoms with van der Waals surface area (Å²) in [5.74, 6) is -3.53. The number of alkyl carbamates (subject to hydrolysis) is 1. The third-order valence-electron chi connectivity index (χ3n) is 8.87. The molecule has 2 aromatic rings. The zero-order valence-electron chi connectivity index (χ0n) is 28.9. The van der Waals surface area contributed by atoms with Crippen molar-refractivity contribution in [1.82, 2.24) is 16.0 Å². The lowest BCUT2D eigenvalue weighted by molar-refractivity contribution is -0.793. The van der Waals surface area contributed by atoms with Gasteiger partial charge in [0.1, 0.15) is 24.5 Å². The van der Waals surface area contributed by atoms with Crippen molar-refractivity contribution in [3.63, 3.8) is 0 Å². The normalized spacial score (nSPS) is 20.0. The van der Waals surface area contributed by atoms with Crippen LogP contribution >= 0.6 is 7.60 Å². The summed E-state index contributed by atoms with van der Waals surface area (Å²) >= 11 is 0. The van der Waals surface area contributed by atoms with Crippen LogP contribution in [0.3, 0.4) is 0 Å². The highest BCUT2D eigenvalue weighted by Gasteiger charge is 2.55. The number of carbonyl (C=O) groups is 5. The fourth-order valence-electron chi connectivity index (χ4n) is 5.97. The number of imide groups is 1. The van der Waals surface area contributed by atoms with Crippen molar-refractivity contribution in [3.8, 4) is 0 Å². The first-order valence-corrected chi connectivity index (χ1v) is 18.7. The standard InChI is InChI=1S/C35H49N4O10P/c1-4-5-21-30(50(46,47)49-26(3)33(42)39(35(44)45)23-14-15-25(39)2)38-32(41)29(37-31(40)28-18-10-7-11-19-28)20-12-13-22-36-34(43)48-24-27-16-8-6-9-17-27/h6-11,16-19,25-26,29-30H,4-5,12-15,20-24H2,1-3H3,(H4-,36,37,38,40,41,43,44,45,46,47)/p+1/t25-,26?,29+,30+,39?/m1/s1. The van der Waals surface area contributed by atoms with Gasteiger partial charge in [0.2, 0.25) is 5.91 Å². The van der Waals surface area contributed by atoms with E-state index in [0.717, 1.165) is 5.56 Å². The molecule has 1 aliphatic rings. The Morgan fingerprint density at radius 2 is 1.62 bits per heavy atom. The third-order valence-corrected chi connectivity index (χ3v) is 10.7. The summed E-state index contributed by atoms with van der Waals surface area (Å²) in [7, 11) is -4.75. The van der Waals surface area contributed by atoms with E-state index < -0.39 is 66.0 Å². The van der Waals surface area contributed by atoms with Gasteiger partial charge in [0.25, 0.3) is 5.91 Å². The summed E-state index contributed by atoms with van der Waals surface area (Å²) in [6.45, 7) is 5.15. The molecule has 3 unspecified atom stereocenters. The van der Waals surface area contributed by atoms with Crippen LogP contribution in [0.5, 0.6) is 0 Å². The Hall–Kier alpha value is -4.10. The van der Waals surface area contributed by atoms with Crippen molar-refractivity contribution in [2.24, 2.45) is 0 Å². The van der Waals surface area contributed by atoms with Gasteiger partial charge in [0, 0.05) is 24.9 Å². The molecule has 14 nitrogen and oxygen atoms in total. The maximum atomic E-state index is 13.7. The molecule has 3 rings (SSSR count). The van der Waals surface area contributed by atoms with E-state index in [0.29, 0.717) is 44.1 Å². The molecule has 1 aliphatic heterocycles. The molecule has 0 spiro atoms. The van der Waals surface area contributed by atoms with Crippen molar-refractivity contribution in [2.75, 3.05) is 13.1 Å². The summed E-state index contributed by atoms with van der Waals surface area (Å²) in [4.78, 5) is 75.6. The van der Waals surface area contributed by atoms with Crippen LogP contribution in [0.4, 0.5) is 9.59 Å². The highest BCUT2D eigenvalue weighted by atomic mass is 31.2. The highest BCUT2D eigenvalue weighted by Crippen LogP contribution is 2.50. The van der Waals surface area contributed by atoms with Gasteiger partial charge in [0.15, 0.2) is 6.10 Å². The Kier molecular flexibility index (Phi) is 15.6. The topological polar surface area (TPSA) is 197 Å². The third kappa shape index (κ3) is 11.2. The number of quaternary nitrogens is 1. The van der Waals surface area contributed by atoms with Crippen LogP contribution in [0.2, 0.25) is 0 Å². The molecular formula is C35H50N4O10P+. The molecule has 0 bridgehead atoms. The fourth-order valence-corrected chi connectivity index (χ4v) is 7.46. The Labute approximate surface area is 293 Å². The van der Waals surface area contributed by atoms with Crippen LogP contribution in [-0.2, 0) is 30.0 Å². The molecule has 5 amide bonds. The van der Waals surface area contributed by atoms with E-state index >= 15 is 0 Å². The first-order chi connectivity index (χ1) is 23.8. The molecule has 274 valence electrons. The smallest absolute Gasteiger partial charge is 0.445 e. The van der Waals surface area contributed by atoms with Crippen LogP contribution in [0.15, 0.2) is 60.7 Å². The first-order valence-electron chi connectivity index (χ1n) is 17.1. The second-order valence-corrected chi connectivity index (χ2v) is 14.5. The highest BCUT2D eigenvalue weighted by molar-refractivity contribution is 7.53. The molecule has 50 heavy (non-hydrogen) atoms. The minimum Gasteiger partial charge on any atom is -0.445 e. The molecule has 2 aromatic carbocycles. The van der Waals surface area contributed by atoms with Crippen LogP contribution in [-0.4, -0.2) is 81.5 Å².